The minimum Gasteiger partial charge on any atom is -0.492 e. The number of aryl methyl sites for hydroxylation is 1. The van der Waals surface area contributed by atoms with Crippen molar-refractivity contribution >= 4 is 12.0 Å². The second-order valence-electron chi connectivity index (χ2n) is 7.67. The molecule has 4 heteroatoms. The summed E-state index contributed by atoms with van der Waals surface area (Å²) in [7, 11) is 0. The molecule has 0 atom stereocenters. The molecule has 2 aromatic carbocycles. The summed E-state index contributed by atoms with van der Waals surface area (Å²) in [5.74, 6) is 1.06. The van der Waals surface area contributed by atoms with Crippen molar-refractivity contribution in [2.24, 2.45) is 5.73 Å². The summed E-state index contributed by atoms with van der Waals surface area (Å²) in [4.78, 5) is 14.5. The molecule has 0 radical (unpaired) electrons. The highest BCUT2D eigenvalue weighted by Gasteiger charge is 2.43. The minimum absolute atomic E-state index is 0.0258. The Morgan fingerprint density at radius 2 is 1.93 bits per heavy atom. The summed E-state index contributed by atoms with van der Waals surface area (Å²) in [5.41, 5.74) is 10.5. The predicted octanol–water partition coefficient (Wildman–Crippen LogP) is 3.42. The van der Waals surface area contributed by atoms with Gasteiger partial charge in [0.1, 0.15) is 5.75 Å². The molecule has 0 saturated carbocycles. The summed E-state index contributed by atoms with van der Waals surface area (Å²) in [5, 5.41) is 0. The van der Waals surface area contributed by atoms with Crippen LogP contribution in [0.15, 0.2) is 48.5 Å². The molecule has 0 aromatic heterocycles. The number of hydrogen-bond donors (Lipinski definition) is 1. The highest BCUT2D eigenvalue weighted by atomic mass is 16.5. The fraction of sp³-hybridized carbons (Fsp3) is 0.348. The van der Waals surface area contributed by atoms with Gasteiger partial charge < -0.3 is 15.4 Å². The molecule has 4 rings (SSSR count). The van der Waals surface area contributed by atoms with Gasteiger partial charge in [0.05, 0.1) is 6.61 Å². The molecule has 2 heterocycles. The van der Waals surface area contributed by atoms with E-state index in [0.29, 0.717) is 13.2 Å². The van der Waals surface area contributed by atoms with Crippen LogP contribution in [-0.2, 0) is 16.8 Å². The number of piperidine rings is 1. The molecule has 2 aliphatic rings. The zero-order valence-corrected chi connectivity index (χ0v) is 15.8. The summed E-state index contributed by atoms with van der Waals surface area (Å²) < 4.78 is 5.94. The first kappa shape index (κ1) is 17.8. The van der Waals surface area contributed by atoms with Crippen LogP contribution in [0.1, 0.15) is 35.1 Å². The summed E-state index contributed by atoms with van der Waals surface area (Å²) in [6.45, 7) is 4.82. The maximum Gasteiger partial charge on any atom is 0.246 e. The Hall–Kier alpha value is -2.59. The quantitative estimate of drug-likeness (QED) is 0.851. The summed E-state index contributed by atoms with van der Waals surface area (Å²) in [6, 6.07) is 14.4. The standard InChI is InChI=1S/C23H26N2O2/c1-17-2-4-18(5-3-17)7-9-22(26)25-12-10-23(11-13-25)16-27-21-8-6-19(15-24)14-20(21)23/h2-9,14H,10-13,15-16,24H2,1H3. The van der Waals surface area contributed by atoms with Crippen molar-refractivity contribution in [1.82, 2.24) is 4.90 Å². The Bertz CT molecular complexity index is 862. The monoisotopic (exact) mass is 362 g/mol. The number of hydrogen-bond acceptors (Lipinski definition) is 3. The highest BCUT2D eigenvalue weighted by molar-refractivity contribution is 5.91. The van der Waals surface area contributed by atoms with Crippen molar-refractivity contribution in [3.8, 4) is 5.75 Å². The maximum absolute atomic E-state index is 12.6. The molecule has 27 heavy (non-hydrogen) atoms. The number of fused-ring (bicyclic) bond motifs is 2. The Morgan fingerprint density at radius 3 is 2.63 bits per heavy atom. The molecule has 0 unspecified atom stereocenters. The first-order valence-corrected chi connectivity index (χ1v) is 9.60. The summed E-state index contributed by atoms with van der Waals surface area (Å²) in [6.07, 6.45) is 5.44. The fourth-order valence-electron chi connectivity index (χ4n) is 4.06. The van der Waals surface area contributed by atoms with Crippen molar-refractivity contribution in [3.05, 3.63) is 70.8 Å². The van der Waals surface area contributed by atoms with E-state index in [2.05, 4.69) is 25.1 Å². The molecule has 1 saturated heterocycles. The van der Waals surface area contributed by atoms with Crippen molar-refractivity contribution in [3.63, 3.8) is 0 Å². The number of nitrogens with zero attached hydrogens (tertiary/aromatic N) is 1. The van der Waals surface area contributed by atoms with Crippen molar-refractivity contribution in [2.45, 2.75) is 31.7 Å². The van der Waals surface area contributed by atoms with Gasteiger partial charge in [-0.2, -0.15) is 0 Å². The molecule has 0 bridgehead atoms. The lowest BCUT2D eigenvalue weighted by atomic mass is 9.74. The average molecular weight is 362 g/mol. The van der Waals surface area contributed by atoms with Gasteiger partial charge in [-0.25, -0.2) is 0 Å². The topological polar surface area (TPSA) is 55.6 Å². The molecular weight excluding hydrogens is 336 g/mol. The van der Waals surface area contributed by atoms with Crippen LogP contribution in [0.3, 0.4) is 0 Å². The largest absolute Gasteiger partial charge is 0.492 e. The number of carbonyl (C=O) groups excluding carboxylic acids is 1. The van der Waals surface area contributed by atoms with Crippen LogP contribution in [0.5, 0.6) is 5.75 Å². The Labute approximate surface area is 160 Å². The first-order chi connectivity index (χ1) is 13.1. The molecule has 4 nitrogen and oxygen atoms in total. The van der Waals surface area contributed by atoms with Gasteiger partial charge in [0.25, 0.3) is 0 Å². The smallest absolute Gasteiger partial charge is 0.246 e. The van der Waals surface area contributed by atoms with Gasteiger partial charge in [-0.3, -0.25) is 4.79 Å². The zero-order chi connectivity index (χ0) is 18.9. The van der Waals surface area contributed by atoms with Gasteiger partial charge in [0, 0.05) is 36.7 Å². The van der Waals surface area contributed by atoms with Gasteiger partial charge >= 0.3 is 0 Å². The van der Waals surface area contributed by atoms with Crippen LogP contribution in [0, 0.1) is 6.92 Å². The van der Waals surface area contributed by atoms with Crippen LogP contribution in [0.4, 0.5) is 0 Å². The van der Waals surface area contributed by atoms with E-state index in [1.54, 1.807) is 6.08 Å². The van der Waals surface area contributed by atoms with E-state index in [4.69, 9.17) is 10.5 Å². The van der Waals surface area contributed by atoms with E-state index >= 15 is 0 Å². The van der Waals surface area contributed by atoms with E-state index in [0.717, 1.165) is 42.8 Å². The molecule has 1 fully saturated rings. The lowest BCUT2D eigenvalue weighted by Crippen LogP contribution is -2.45. The Kier molecular flexibility index (Phi) is 4.75. The summed E-state index contributed by atoms with van der Waals surface area (Å²) >= 11 is 0. The van der Waals surface area contributed by atoms with Crippen LogP contribution in [0.2, 0.25) is 0 Å². The number of benzene rings is 2. The Morgan fingerprint density at radius 1 is 1.19 bits per heavy atom. The normalized spacial score (nSPS) is 17.9. The zero-order valence-electron chi connectivity index (χ0n) is 15.8. The number of ether oxygens (including phenoxy) is 1. The number of amides is 1. The van der Waals surface area contributed by atoms with Gasteiger partial charge in [-0.05, 0) is 43.0 Å². The van der Waals surface area contributed by atoms with Crippen LogP contribution in [0.25, 0.3) is 6.08 Å². The third kappa shape index (κ3) is 3.50. The fourth-order valence-corrected chi connectivity index (χ4v) is 4.06. The van der Waals surface area contributed by atoms with Crippen LogP contribution < -0.4 is 10.5 Å². The van der Waals surface area contributed by atoms with Gasteiger partial charge in [0.15, 0.2) is 0 Å². The van der Waals surface area contributed by atoms with E-state index in [9.17, 15) is 4.79 Å². The molecule has 2 aliphatic heterocycles. The number of rotatable bonds is 3. The van der Waals surface area contributed by atoms with Crippen LogP contribution in [-0.4, -0.2) is 30.5 Å². The third-order valence-corrected chi connectivity index (χ3v) is 5.88. The molecule has 2 N–H and O–H groups in total. The van der Waals surface area contributed by atoms with Crippen LogP contribution >= 0.6 is 0 Å². The van der Waals surface area contributed by atoms with E-state index < -0.39 is 0 Å². The van der Waals surface area contributed by atoms with Crippen molar-refractivity contribution in [2.75, 3.05) is 19.7 Å². The molecular formula is C23H26N2O2. The van der Waals surface area contributed by atoms with Crippen molar-refractivity contribution < 1.29 is 9.53 Å². The molecule has 2 aromatic rings. The second-order valence-corrected chi connectivity index (χ2v) is 7.67. The van der Waals surface area contributed by atoms with Crippen molar-refractivity contribution in [1.29, 1.82) is 0 Å². The van der Waals surface area contributed by atoms with Gasteiger partial charge in [-0.1, -0.05) is 42.0 Å². The second kappa shape index (κ2) is 7.20. The SMILES string of the molecule is Cc1ccc(C=CC(=O)N2CCC3(CC2)COc2ccc(CN)cc23)cc1. The number of nitrogens with two attached hydrogens (primary N) is 1. The molecule has 1 spiro atoms. The van der Waals surface area contributed by atoms with E-state index in [1.165, 1.54) is 11.1 Å². The highest BCUT2D eigenvalue weighted by Crippen LogP contribution is 2.45. The van der Waals surface area contributed by atoms with E-state index in [1.807, 2.05) is 35.2 Å². The number of likely N-dealkylation sites (tertiary alicyclic amines) is 1. The average Bonchev–Trinajstić information content (AvgIpc) is 3.05. The maximum atomic E-state index is 12.6. The minimum atomic E-state index is 0.0258. The molecule has 140 valence electrons. The lowest BCUT2D eigenvalue weighted by Gasteiger charge is -2.38. The number of carbonyl (C=O) groups is 1. The first-order valence-electron chi connectivity index (χ1n) is 9.60. The lowest BCUT2D eigenvalue weighted by molar-refractivity contribution is -0.127. The third-order valence-electron chi connectivity index (χ3n) is 5.88. The van der Waals surface area contributed by atoms with E-state index in [-0.39, 0.29) is 11.3 Å². The van der Waals surface area contributed by atoms with Gasteiger partial charge in [-0.15, -0.1) is 0 Å². The molecule has 0 aliphatic carbocycles. The predicted molar refractivity (Wildman–Crippen MR) is 108 cm³/mol. The molecule has 1 amide bonds. The van der Waals surface area contributed by atoms with Gasteiger partial charge in [0.2, 0.25) is 5.91 Å². The Balaban J connectivity index is 1.42.